The van der Waals surface area contributed by atoms with Crippen LogP contribution in [-0.4, -0.2) is 16.9 Å². The minimum Gasteiger partial charge on any atom is -0.481 e. The van der Waals surface area contributed by atoms with Gasteiger partial charge >= 0.3 is 5.97 Å². The Kier molecular flexibility index (Phi) is 5.43. The van der Waals surface area contributed by atoms with Crippen molar-refractivity contribution < 1.29 is 14.7 Å². The number of rotatable bonds is 5. The zero-order valence-electron chi connectivity index (χ0n) is 13.5. The molecule has 0 heterocycles. The maximum atomic E-state index is 12.0. The number of ketones is 1. The first kappa shape index (κ1) is 16.8. The summed E-state index contributed by atoms with van der Waals surface area (Å²) in [6.07, 6.45) is 9.05. The van der Waals surface area contributed by atoms with E-state index in [1.54, 1.807) is 0 Å². The fraction of sp³-hybridized carbons (Fsp3) is 0.667. The second-order valence-corrected chi connectivity index (χ2v) is 7.04. The maximum Gasteiger partial charge on any atom is 0.303 e. The molecule has 1 atom stereocenters. The lowest BCUT2D eigenvalue weighted by Gasteiger charge is -2.34. The van der Waals surface area contributed by atoms with Crippen molar-refractivity contribution >= 4 is 11.8 Å². The molecule has 4 nitrogen and oxygen atoms in total. The largest absolute Gasteiger partial charge is 0.481 e. The summed E-state index contributed by atoms with van der Waals surface area (Å²) in [6.45, 7) is 3.81. The summed E-state index contributed by atoms with van der Waals surface area (Å²) in [5.41, 5.74) is 7.81. The molecule has 0 radical (unpaired) electrons. The molecule has 0 saturated heterocycles. The Hall–Kier alpha value is -1.58. The molecule has 0 bridgehead atoms. The number of hydrogen-bond acceptors (Lipinski definition) is 3. The molecule has 0 aromatic carbocycles. The molecular formula is C18H27NO3. The van der Waals surface area contributed by atoms with Gasteiger partial charge in [-0.1, -0.05) is 19.9 Å². The van der Waals surface area contributed by atoms with Crippen molar-refractivity contribution in [3.8, 4) is 0 Å². The lowest BCUT2D eigenvalue weighted by Crippen LogP contribution is -2.28. The minimum atomic E-state index is -0.694. The van der Waals surface area contributed by atoms with E-state index >= 15 is 0 Å². The van der Waals surface area contributed by atoms with E-state index in [4.69, 9.17) is 10.8 Å². The fourth-order valence-corrected chi connectivity index (χ4v) is 3.75. The van der Waals surface area contributed by atoms with E-state index in [0.29, 0.717) is 17.8 Å². The van der Waals surface area contributed by atoms with Crippen LogP contribution in [0.2, 0.25) is 0 Å². The van der Waals surface area contributed by atoms with E-state index in [2.05, 4.69) is 0 Å². The van der Waals surface area contributed by atoms with E-state index in [1.807, 2.05) is 26.0 Å². The molecule has 3 N–H and O–H groups in total. The van der Waals surface area contributed by atoms with Gasteiger partial charge in [0.05, 0.1) is 0 Å². The summed E-state index contributed by atoms with van der Waals surface area (Å²) in [4.78, 5) is 22.8. The fourth-order valence-electron chi connectivity index (χ4n) is 3.75. The van der Waals surface area contributed by atoms with Gasteiger partial charge in [-0.15, -0.1) is 0 Å². The lowest BCUT2D eigenvalue weighted by atomic mass is 9.71. The van der Waals surface area contributed by atoms with Gasteiger partial charge in [-0.05, 0) is 50.0 Å². The van der Waals surface area contributed by atoms with Crippen LogP contribution < -0.4 is 5.73 Å². The zero-order chi connectivity index (χ0) is 16.3. The first-order valence-corrected chi connectivity index (χ1v) is 8.31. The molecule has 1 saturated carbocycles. The highest BCUT2D eigenvalue weighted by Gasteiger charge is 2.31. The van der Waals surface area contributed by atoms with Gasteiger partial charge in [-0.25, -0.2) is 0 Å². The number of carbonyl (C=O) groups is 2. The van der Waals surface area contributed by atoms with Crippen molar-refractivity contribution in [2.24, 2.45) is 29.4 Å². The highest BCUT2D eigenvalue weighted by atomic mass is 16.4. The molecule has 2 aliphatic carbocycles. The second kappa shape index (κ2) is 7.12. The predicted octanol–water partition coefficient (Wildman–Crippen LogP) is 3.28. The average Bonchev–Trinajstić information content (AvgIpc) is 2.46. The van der Waals surface area contributed by atoms with Crippen LogP contribution >= 0.6 is 0 Å². The quantitative estimate of drug-likeness (QED) is 0.816. The van der Waals surface area contributed by atoms with Gasteiger partial charge in [0.15, 0.2) is 5.78 Å². The number of carboxylic acids is 1. The van der Waals surface area contributed by atoms with Crippen LogP contribution in [0.25, 0.3) is 0 Å². The normalized spacial score (nSPS) is 29.0. The molecule has 0 aromatic heterocycles. The Morgan fingerprint density at radius 1 is 1.27 bits per heavy atom. The molecule has 4 heteroatoms. The molecule has 0 aliphatic heterocycles. The van der Waals surface area contributed by atoms with Gasteiger partial charge < -0.3 is 10.8 Å². The van der Waals surface area contributed by atoms with Crippen LogP contribution in [0, 0.1) is 23.7 Å². The number of carboxylic acid groups (broad SMARTS) is 1. The number of Topliss-reactive ketones (excluding diaryl/α,β-unsaturated/α-hetero) is 1. The van der Waals surface area contributed by atoms with E-state index in [9.17, 15) is 9.59 Å². The van der Waals surface area contributed by atoms with Crippen LogP contribution in [0.1, 0.15) is 52.4 Å². The van der Waals surface area contributed by atoms with Crippen LogP contribution in [0.3, 0.4) is 0 Å². The number of hydrogen-bond donors (Lipinski definition) is 2. The van der Waals surface area contributed by atoms with E-state index in [1.165, 1.54) is 0 Å². The summed E-state index contributed by atoms with van der Waals surface area (Å²) in [5, 5.41) is 8.88. The van der Waals surface area contributed by atoms with Crippen molar-refractivity contribution in [1.82, 2.24) is 0 Å². The van der Waals surface area contributed by atoms with Crippen LogP contribution in [0.4, 0.5) is 0 Å². The van der Waals surface area contributed by atoms with Crippen molar-refractivity contribution in [2.45, 2.75) is 52.4 Å². The third kappa shape index (κ3) is 3.99. The van der Waals surface area contributed by atoms with Gasteiger partial charge in [0, 0.05) is 29.5 Å². The summed E-state index contributed by atoms with van der Waals surface area (Å²) in [5.74, 6) is 0.615. The van der Waals surface area contributed by atoms with Crippen LogP contribution in [0.5, 0.6) is 0 Å². The predicted molar refractivity (Wildman–Crippen MR) is 86.0 cm³/mol. The molecule has 2 rings (SSSR count). The van der Waals surface area contributed by atoms with Gasteiger partial charge in [0.1, 0.15) is 0 Å². The molecule has 0 amide bonds. The Morgan fingerprint density at radius 2 is 1.91 bits per heavy atom. The van der Waals surface area contributed by atoms with Crippen LogP contribution in [-0.2, 0) is 9.59 Å². The highest BCUT2D eigenvalue weighted by molar-refractivity contribution is 5.99. The molecule has 22 heavy (non-hydrogen) atoms. The van der Waals surface area contributed by atoms with Gasteiger partial charge in [0.25, 0.3) is 0 Å². The Morgan fingerprint density at radius 3 is 2.41 bits per heavy atom. The van der Waals surface area contributed by atoms with E-state index in [0.717, 1.165) is 43.4 Å². The second-order valence-electron chi connectivity index (χ2n) is 7.04. The summed E-state index contributed by atoms with van der Waals surface area (Å²) in [6, 6.07) is 0. The molecule has 2 aliphatic rings. The highest BCUT2D eigenvalue weighted by Crippen LogP contribution is 2.40. The summed E-state index contributed by atoms with van der Waals surface area (Å²) < 4.78 is 0. The first-order valence-electron chi connectivity index (χ1n) is 8.31. The number of nitrogens with two attached hydrogens (primary N) is 1. The smallest absolute Gasteiger partial charge is 0.303 e. The Balaban J connectivity index is 1.93. The monoisotopic (exact) mass is 305 g/mol. The Labute approximate surface area is 132 Å². The Bertz CT molecular complexity index is 496. The zero-order valence-corrected chi connectivity index (χ0v) is 13.5. The van der Waals surface area contributed by atoms with Gasteiger partial charge in [-0.3, -0.25) is 9.59 Å². The third-order valence-electron chi connectivity index (χ3n) is 5.07. The lowest BCUT2D eigenvalue weighted by molar-refractivity contribution is -0.138. The number of aliphatic carboxylic acids is 1. The topological polar surface area (TPSA) is 80.4 Å². The van der Waals surface area contributed by atoms with E-state index < -0.39 is 5.97 Å². The molecule has 1 fully saturated rings. The van der Waals surface area contributed by atoms with Crippen molar-refractivity contribution in [2.75, 3.05) is 0 Å². The average molecular weight is 305 g/mol. The number of allylic oxidation sites excluding steroid dienone is 4. The molecule has 0 spiro atoms. The van der Waals surface area contributed by atoms with Crippen LogP contribution in [0.15, 0.2) is 23.4 Å². The molecule has 1 unspecified atom stereocenters. The SMILES string of the molecule is CC(C)C(=O)C1=CCC(C2CCC(CC(=O)O)CC2)C(N)=C1. The summed E-state index contributed by atoms with van der Waals surface area (Å²) in [7, 11) is 0. The van der Waals surface area contributed by atoms with E-state index in [-0.39, 0.29) is 18.1 Å². The minimum absolute atomic E-state index is 0.00157. The van der Waals surface area contributed by atoms with Crippen molar-refractivity contribution in [1.29, 1.82) is 0 Å². The van der Waals surface area contributed by atoms with Gasteiger partial charge in [-0.2, -0.15) is 0 Å². The van der Waals surface area contributed by atoms with Crippen molar-refractivity contribution in [3.63, 3.8) is 0 Å². The summed E-state index contributed by atoms with van der Waals surface area (Å²) >= 11 is 0. The maximum absolute atomic E-state index is 12.0. The number of carbonyl (C=O) groups excluding carboxylic acids is 1. The molecule has 122 valence electrons. The third-order valence-corrected chi connectivity index (χ3v) is 5.07. The first-order chi connectivity index (χ1) is 10.4. The molecular weight excluding hydrogens is 278 g/mol. The molecule has 0 aromatic rings. The van der Waals surface area contributed by atoms with Crippen molar-refractivity contribution in [3.05, 3.63) is 23.4 Å². The standard InChI is InChI=1S/C18H27NO3/c1-11(2)18(22)14-7-8-15(16(19)10-14)13-5-3-12(4-6-13)9-17(20)21/h7,10-13,15H,3-6,8-9,19H2,1-2H3,(H,20,21). The van der Waals surface area contributed by atoms with Gasteiger partial charge in [0.2, 0.25) is 0 Å².